The molecule has 0 spiro atoms. The average molecular weight is 553 g/mol. The Morgan fingerprint density at radius 3 is 2.45 bits per heavy atom. The number of methoxy groups -OCH3 is 1. The predicted molar refractivity (Wildman–Crippen MR) is 159 cm³/mol. The van der Waals surface area contributed by atoms with Crippen molar-refractivity contribution in [3.05, 3.63) is 95.6 Å². The van der Waals surface area contributed by atoms with Crippen LogP contribution in [0.25, 0.3) is 16.9 Å². The highest BCUT2D eigenvalue weighted by Gasteiger charge is 2.38. The van der Waals surface area contributed by atoms with Crippen molar-refractivity contribution < 1.29 is 14.3 Å². The quantitative estimate of drug-likeness (QED) is 0.309. The Kier molecular flexibility index (Phi) is 7.34. The molecule has 0 unspecified atom stereocenters. The number of benzene rings is 3. The maximum Gasteiger partial charge on any atom is 0.242 e. The van der Waals surface area contributed by atoms with Gasteiger partial charge in [0, 0.05) is 24.2 Å². The molecule has 40 heavy (non-hydrogen) atoms. The van der Waals surface area contributed by atoms with Crippen molar-refractivity contribution in [2.75, 3.05) is 37.4 Å². The minimum Gasteiger partial charge on any atom is -0.497 e. The zero-order chi connectivity index (χ0) is 27.6. The number of ether oxygens (including phenoxy) is 1. The van der Waals surface area contributed by atoms with Crippen molar-refractivity contribution in [2.24, 2.45) is 0 Å². The second-order valence-electron chi connectivity index (χ2n) is 10.2. The van der Waals surface area contributed by atoms with Crippen LogP contribution in [0.3, 0.4) is 0 Å². The molecule has 0 N–H and O–H groups in total. The molecule has 4 aromatic rings. The van der Waals surface area contributed by atoms with Gasteiger partial charge >= 0.3 is 0 Å². The van der Waals surface area contributed by atoms with Crippen molar-refractivity contribution in [3.63, 3.8) is 0 Å². The fourth-order valence-electron chi connectivity index (χ4n) is 5.53. The largest absolute Gasteiger partial charge is 0.497 e. The maximum absolute atomic E-state index is 13.9. The molecular weight excluding hydrogens is 520 g/mol. The summed E-state index contributed by atoms with van der Waals surface area (Å²) in [5.41, 5.74) is 5.76. The van der Waals surface area contributed by atoms with Crippen LogP contribution in [0.2, 0.25) is 0 Å². The first-order chi connectivity index (χ1) is 19.5. The predicted octanol–water partition coefficient (Wildman–Crippen LogP) is 5.65. The number of rotatable bonds is 6. The normalized spacial score (nSPS) is 17.1. The van der Waals surface area contributed by atoms with Crippen LogP contribution in [0.15, 0.2) is 78.9 Å². The molecule has 0 aliphatic carbocycles. The first-order valence-electron chi connectivity index (χ1n) is 13.6. The first-order valence-corrected chi connectivity index (χ1v) is 14.7. The van der Waals surface area contributed by atoms with Gasteiger partial charge in [-0.1, -0.05) is 60.2 Å². The zero-order valence-electron chi connectivity index (χ0n) is 22.7. The average Bonchev–Trinajstić information content (AvgIpc) is 3.63. The first kappa shape index (κ1) is 26.2. The Morgan fingerprint density at radius 1 is 1.00 bits per heavy atom. The van der Waals surface area contributed by atoms with Gasteiger partial charge in [0.05, 0.1) is 29.5 Å². The van der Waals surface area contributed by atoms with E-state index in [1.54, 1.807) is 23.8 Å². The third-order valence-electron chi connectivity index (χ3n) is 7.55. The molecule has 204 valence electrons. The van der Waals surface area contributed by atoms with Gasteiger partial charge in [-0.15, -0.1) is 11.8 Å². The van der Waals surface area contributed by atoms with Gasteiger partial charge in [-0.2, -0.15) is 5.10 Å². The maximum atomic E-state index is 13.9. The summed E-state index contributed by atoms with van der Waals surface area (Å²) in [6, 6.07) is 26.2. The van der Waals surface area contributed by atoms with Crippen LogP contribution >= 0.6 is 11.8 Å². The number of nitrogens with zero attached hydrogens (tertiary/aromatic N) is 4. The SMILES string of the molecule is COc1ccc(-n2nc(-c3ccccc3)c3c2N(CC(=O)N2CCCC2)C(=O)CS[C@@H]3c2cccc(C)c2)cc1. The van der Waals surface area contributed by atoms with Gasteiger partial charge in [-0.05, 0) is 49.6 Å². The number of likely N-dealkylation sites (tertiary alicyclic amines) is 1. The van der Waals surface area contributed by atoms with E-state index in [0.717, 1.165) is 65.3 Å². The number of hydrogen-bond donors (Lipinski definition) is 0. The number of anilines is 1. The summed E-state index contributed by atoms with van der Waals surface area (Å²) in [6.45, 7) is 3.54. The van der Waals surface area contributed by atoms with Crippen LogP contribution in [0.1, 0.15) is 34.8 Å². The Balaban J connectivity index is 1.60. The lowest BCUT2D eigenvalue weighted by Gasteiger charge is -2.25. The van der Waals surface area contributed by atoms with Gasteiger partial charge < -0.3 is 9.64 Å². The van der Waals surface area contributed by atoms with E-state index in [-0.39, 0.29) is 29.4 Å². The van der Waals surface area contributed by atoms with Crippen molar-refractivity contribution in [1.82, 2.24) is 14.7 Å². The van der Waals surface area contributed by atoms with E-state index in [9.17, 15) is 9.59 Å². The topological polar surface area (TPSA) is 67.7 Å². The van der Waals surface area contributed by atoms with E-state index in [2.05, 4.69) is 31.2 Å². The van der Waals surface area contributed by atoms with Crippen molar-refractivity contribution in [3.8, 4) is 22.7 Å². The fourth-order valence-corrected chi connectivity index (χ4v) is 6.72. The summed E-state index contributed by atoms with van der Waals surface area (Å²) in [7, 11) is 1.64. The Hall–Kier alpha value is -4.04. The van der Waals surface area contributed by atoms with Gasteiger partial charge in [0.2, 0.25) is 11.8 Å². The van der Waals surface area contributed by atoms with Crippen LogP contribution in [0, 0.1) is 6.92 Å². The molecule has 0 bridgehead atoms. The number of aryl methyl sites for hydroxylation is 1. The van der Waals surface area contributed by atoms with E-state index < -0.39 is 0 Å². The lowest BCUT2D eigenvalue weighted by Crippen LogP contribution is -2.43. The molecular formula is C32H32N4O3S. The van der Waals surface area contributed by atoms with Crippen LogP contribution in [-0.2, 0) is 9.59 Å². The second kappa shape index (κ2) is 11.2. The molecule has 3 aromatic carbocycles. The molecule has 8 heteroatoms. The Bertz CT molecular complexity index is 1530. The number of carbonyl (C=O) groups excluding carboxylic acids is 2. The molecule has 7 nitrogen and oxygen atoms in total. The fraction of sp³-hybridized carbons (Fsp3) is 0.281. The molecule has 1 saturated heterocycles. The summed E-state index contributed by atoms with van der Waals surface area (Å²) in [4.78, 5) is 30.9. The molecule has 1 fully saturated rings. The van der Waals surface area contributed by atoms with E-state index >= 15 is 0 Å². The second-order valence-corrected chi connectivity index (χ2v) is 11.3. The highest BCUT2D eigenvalue weighted by atomic mass is 32.2. The van der Waals surface area contributed by atoms with Crippen molar-refractivity contribution >= 4 is 29.4 Å². The van der Waals surface area contributed by atoms with Crippen LogP contribution in [0.4, 0.5) is 5.82 Å². The lowest BCUT2D eigenvalue weighted by molar-refractivity contribution is -0.130. The van der Waals surface area contributed by atoms with Crippen molar-refractivity contribution in [2.45, 2.75) is 25.0 Å². The van der Waals surface area contributed by atoms with Crippen LogP contribution < -0.4 is 9.64 Å². The molecule has 0 saturated carbocycles. The van der Waals surface area contributed by atoms with Gasteiger partial charge in [0.25, 0.3) is 0 Å². The molecule has 1 aromatic heterocycles. The summed E-state index contributed by atoms with van der Waals surface area (Å²) < 4.78 is 7.23. The lowest BCUT2D eigenvalue weighted by atomic mass is 9.98. The van der Waals surface area contributed by atoms with Gasteiger partial charge in [0.1, 0.15) is 18.1 Å². The minimum absolute atomic E-state index is 0.0109. The standard InChI is InChI=1S/C32H32N4O3S/c1-22-9-8-12-24(19-22)31-29-30(23-10-4-3-5-11-23)33-36(25-13-15-26(39-2)16-14-25)32(29)35(28(38)21-40-31)20-27(37)34-17-6-7-18-34/h3-5,8-16,19,31H,6-7,17-18,20-21H2,1-2H3/t31-/m1/s1. The van der Waals surface area contributed by atoms with Gasteiger partial charge in [0.15, 0.2) is 0 Å². The Labute approximate surface area is 238 Å². The van der Waals surface area contributed by atoms with Crippen LogP contribution in [0.5, 0.6) is 5.75 Å². The van der Waals surface area contributed by atoms with Crippen LogP contribution in [-0.4, -0.2) is 59.0 Å². The smallest absolute Gasteiger partial charge is 0.242 e. The van der Waals surface area contributed by atoms with E-state index in [1.165, 1.54) is 0 Å². The summed E-state index contributed by atoms with van der Waals surface area (Å²) in [5, 5.41) is 5.02. The van der Waals surface area contributed by atoms with Gasteiger partial charge in [-0.25, -0.2) is 4.68 Å². The molecule has 2 aliphatic heterocycles. The Morgan fingerprint density at radius 2 is 1.75 bits per heavy atom. The van der Waals surface area contributed by atoms with E-state index in [0.29, 0.717) is 5.82 Å². The number of aromatic nitrogens is 2. The molecule has 2 aliphatic rings. The summed E-state index contributed by atoms with van der Waals surface area (Å²) in [6.07, 6.45) is 2.00. The zero-order valence-corrected chi connectivity index (χ0v) is 23.6. The minimum atomic E-state index is -0.145. The third kappa shape index (κ3) is 4.99. The molecule has 2 amide bonds. The van der Waals surface area contributed by atoms with E-state index in [4.69, 9.17) is 9.84 Å². The number of hydrogen-bond acceptors (Lipinski definition) is 5. The molecule has 1 atom stereocenters. The van der Waals surface area contributed by atoms with E-state index in [1.807, 2.05) is 64.2 Å². The monoisotopic (exact) mass is 552 g/mol. The third-order valence-corrected chi connectivity index (χ3v) is 8.81. The molecule has 3 heterocycles. The number of thioether (sulfide) groups is 1. The molecule has 6 rings (SSSR count). The number of fused-ring (bicyclic) bond motifs is 1. The summed E-state index contributed by atoms with van der Waals surface area (Å²) >= 11 is 1.59. The highest BCUT2D eigenvalue weighted by Crippen LogP contribution is 2.48. The molecule has 0 radical (unpaired) electrons. The number of carbonyl (C=O) groups is 2. The summed E-state index contributed by atoms with van der Waals surface area (Å²) in [5.74, 6) is 1.52. The number of amides is 2. The van der Waals surface area contributed by atoms with Crippen molar-refractivity contribution in [1.29, 1.82) is 0 Å². The van der Waals surface area contributed by atoms with Gasteiger partial charge in [-0.3, -0.25) is 14.5 Å². The highest BCUT2D eigenvalue weighted by molar-refractivity contribution is 8.00.